The van der Waals surface area contributed by atoms with E-state index in [-0.39, 0.29) is 17.3 Å². The van der Waals surface area contributed by atoms with E-state index in [4.69, 9.17) is 4.42 Å². The molecule has 2 heterocycles. The molecule has 4 N–H and O–H groups in total. The second-order valence-electron chi connectivity index (χ2n) is 7.14. The van der Waals surface area contributed by atoms with Gasteiger partial charge in [-0.25, -0.2) is 9.78 Å². The highest BCUT2D eigenvalue weighted by Crippen LogP contribution is 2.37. The first kappa shape index (κ1) is 21.9. The number of aromatic amines is 1. The summed E-state index contributed by atoms with van der Waals surface area (Å²) < 4.78 is 45.3. The van der Waals surface area contributed by atoms with Gasteiger partial charge in [0.25, 0.3) is 0 Å². The Hall–Kier alpha value is -4.35. The molecule has 170 valence electrons. The van der Waals surface area contributed by atoms with Gasteiger partial charge >= 0.3 is 11.9 Å². The molecule has 4 aromatic rings. The van der Waals surface area contributed by atoms with Crippen molar-refractivity contribution in [3.8, 4) is 0 Å². The average Bonchev–Trinajstić information content (AvgIpc) is 3.10. The second kappa shape index (κ2) is 8.30. The van der Waals surface area contributed by atoms with Crippen molar-refractivity contribution >= 4 is 45.8 Å². The molecule has 0 spiro atoms. The van der Waals surface area contributed by atoms with Crippen LogP contribution in [0.5, 0.6) is 0 Å². The van der Waals surface area contributed by atoms with E-state index < -0.39 is 23.4 Å². The lowest BCUT2D eigenvalue weighted by atomic mass is 10.1. The first-order valence-electron chi connectivity index (χ1n) is 9.58. The van der Waals surface area contributed by atoms with Crippen LogP contribution < -0.4 is 21.7 Å². The van der Waals surface area contributed by atoms with Crippen LogP contribution in [0.2, 0.25) is 0 Å². The van der Waals surface area contributed by atoms with Crippen molar-refractivity contribution in [1.82, 2.24) is 15.0 Å². The van der Waals surface area contributed by atoms with Crippen LogP contribution in [0, 0.1) is 6.92 Å². The Morgan fingerprint density at radius 2 is 1.82 bits per heavy atom. The predicted octanol–water partition coefficient (Wildman–Crippen LogP) is 4.68. The smallest absolute Gasteiger partial charge is 0.408 e. The van der Waals surface area contributed by atoms with E-state index in [0.29, 0.717) is 28.2 Å². The molecule has 12 heteroatoms. The van der Waals surface area contributed by atoms with Gasteiger partial charge in [-0.3, -0.25) is 9.78 Å². The van der Waals surface area contributed by atoms with Crippen molar-refractivity contribution in [1.29, 1.82) is 0 Å². The number of halogens is 3. The number of alkyl halides is 3. The minimum atomic E-state index is -4.68. The third-order valence-corrected chi connectivity index (χ3v) is 4.55. The lowest BCUT2D eigenvalue weighted by Gasteiger charge is -2.15. The summed E-state index contributed by atoms with van der Waals surface area (Å²) in [4.78, 5) is 33.5. The fourth-order valence-electron chi connectivity index (χ4n) is 3.08. The number of nitrogens with zero attached hydrogens (tertiary/aromatic N) is 2. The number of carbonyl (C=O) groups is 1. The van der Waals surface area contributed by atoms with Crippen LogP contribution in [0.25, 0.3) is 11.1 Å². The van der Waals surface area contributed by atoms with Gasteiger partial charge in [0.1, 0.15) is 5.82 Å². The van der Waals surface area contributed by atoms with Gasteiger partial charge in [0.05, 0.1) is 16.8 Å². The van der Waals surface area contributed by atoms with E-state index in [1.54, 1.807) is 25.1 Å². The number of nitrogens with one attached hydrogen (secondary N) is 4. The summed E-state index contributed by atoms with van der Waals surface area (Å²) in [5, 5.41) is 8.00. The van der Waals surface area contributed by atoms with E-state index in [1.165, 1.54) is 12.3 Å². The Kier molecular flexibility index (Phi) is 5.50. The number of aromatic nitrogens is 3. The molecule has 0 atom stereocenters. The van der Waals surface area contributed by atoms with E-state index in [2.05, 4.69) is 30.9 Å². The summed E-state index contributed by atoms with van der Waals surface area (Å²) in [6.45, 7) is 2.89. The number of benzene rings is 2. The molecule has 0 radical (unpaired) electrons. The maximum Gasteiger partial charge on any atom is 0.418 e. The number of hydrogen-bond acceptors (Lipinski definition) is 7. The normalized spacial score (nSPS) is 11.4. The number of rotatable bonds is 5. The lowest BCUT2D eigenvalue weighted by molar-refractivity contribution is -0.136. The molecular weight excluding hydrogens is 441 g/mol. The molecule has 2 aromatic carbocycles. The van der Waals surface area contributed by atoms with Crippen LogP contribution >= 0.6 is 0 Å². The molecule has 0 unspecified atom stereocenters. The van der Waals surface area contributed by atoms with Gasteiger partial charge in [0.15, 0.2) is 5.58 Å². The largest absolute Gasteiger partial charge is 0.418 e. The topological polar surface area (TPSA) is 125 Å². The molecule has 33 heavy (non-hydrogen) atoms. The van der Waals surface area contributed by atoms with Gasteiger partial charge in [-0.1, -0.05) is 0 Å². The fourth-order valence-corrected chi connectivity index (χ4v) is 3.08. The van der Waals surface area contributed by atoms with Crippen molar-refractivity contribution in [3.63, 3.8) is 0 Å². The first-order valence-corrected chi connectivity index (χ1v) is 9.58. The number of amides is 1. The van der Waals surface area contributed by atoms with Gasteiger partial charge in [-0.2, -0.15) is 18.2 Å². The number of aryl methyl sites for hydroxylation is 1. The SMILES string of the molecule is CC(=O)Nc1ccc(Nc2ncc(C)c(Nc3ccc4oc(=O)[nH]c4c3)n2)cc1C(F)(F)F. The van der Waals surface area contributed by atoms with Crippen molar-refractivity contribution in [2.45, 2.75) is 20.0 Å². The molecular formula is C21H17F3N6O3. The average molecular weight is 458 g/mol. The predicted molar refractivity (Wildman–Crippen MR) is 116 cm³/mol. The molecule has 0 bridgehead atoms. The first-order chi connectivity index (χ1) is 15.6. The maximum atomic E-state index is 13.4. The van der Waals surface area contributed by atoms with Crippen LogP contribution in [0.15, 0.2) is 51.8 Å². The third-order valence-electron chi connectivity index (χ3n) is 4.55. The van der Waals surface area contributed by atoms with Gasteiger partial charge in [-0.05, 0) is 43.3 Å². The zero-order valence-electron chi connectivity index (χ0n) is 17.3. The minimum absolute atomic E-state index is 0.0568. The Morgan fingerprint density at radius 3 is 2.55 bits per heavy atom. The maximum absolute atomic E-state index is 13.4. The van der Waals surface area contributed by atoms with E-state index in [1.807, 2.05) is 0 Å². The minimum Gasteiger partial charge on any atom is -0.408 e. The molecule has 0 saturated carbocycles. The van der Waals surface area contributed by atoms with Crippen molar-refractivity contribution < 1.29 is 22.4 Å². The zero-order valence-corrected chi connectivity index (χ0v) is 17.3. The summed E-state index contributed by atoms with van der Waals surface area (Å²) in [6, 6.07) is 8.35. The number of anilines is 5. The standard InChI is InChI=1S/C21H17F3N6O3/c1-10-9-25-19(28-12-3-5-15(26-11(2)31)14(7-12)21(22,23)24)30-18(10)27-13-4-6-17-16(8-13)29-20(32)33-17/h3-9H,1-2H3,(H,26,31)(H,29,32)(H2,25,27,28,30). The van der Waals surface area contributed by atoms with Crippen LogP contribution in [0.3, 0.4) is 0 Å². The van der Waals surface area contributed by atoms with Gasteiger partial charge in [0.2, 0.25) is 11.9 Å². The Balaban J connectivity index is 1.61. The van der Waals surface area contributed by atoms with Crippen molar-refractivity contribution in [2.24, 2.45) is 0 Å². The molecule has 2 aromatic heterocycles. The highest BCUT2D eigenvalue weighted by atomic mass is 19.4. The van der Waals surface area contributed by atoms with E-state index in [0.717, 1.165) is 19.1 Å². The van der Waals surface area contributed by atoms with Gasteiger partial charge < -0.3 is 20.4 Å². The van der Waals surface area contributed by atoms with Gasteiger partial charge in [-0.15, -0.1) is 0 Å². The second-order valence-corrected chi connectivity index (χ2v) is 7.14. The fraction of sp³-hybridized carbons (Fsp3) is 0.143. The van der Waals surface area contributed by atoms with E-state index >= 15 is 0 Å². The third kappa shape index (κ3) is 4.95. The lowest BCUT2D eigenvalue weighted by Crippen LogP contribution is -2.14. The van der Waals surface area contributed by atoms with Gasteiger partial charge in [0, 0.05) is 30.1 Å². The molecule has 1 amide bonds. The summed E-state index contributed by atoms with van der Waals surface area (Å²) >= 11 is 0. The number of hydrogen-bond donors (Lipinski definition) is 4. The van der Waals surface area contributed by atoms with Crippen molar-refractivity contribution in [2.75, 3.05) is 16.0 Å². The molecule has 0 fully saturated rings. The van der Waals surface area contributed by atoms with Crippen LogP contribution in [0.1, 0.15) is 18.1 Å². The Morgan fingerprint density at radius 1 is 1.09 bits per heavy atom. The van der Waals surface area contributed by atoms with Crippen LogP contribution in [0.4, 0.5) is 42.0 Å². The monoisotopic (exact) mass is 458 g/mol. The number of oxazole rings is 1. The summed E-state index contributed by atoms with van der Waals surface area (Å²) in [5.74, 6) is -0.726. The van der Waals surface area contributed by atoms with E-state index in [9.17, 15) is 22.8 Å². The number of carbonyl (C=O) groups excluding carboxylic acids is 1. The highest BCUT2D eigenvalue weighted by molar-refractivity contribution is 5.90. The Bertz CT molecular complexity index is 1410. The molecule has 4 rings (SSSR count). The molecule has 9 nitrogen and oxygen atoms in total. The highest BCUT2D eigenvalue weighted by Gasteiger charge is 2.34. The van der Waals surface area contributed by atoms with Crippen LogP contribution in [-0.4, -0.2) is 20.9 Å². The van der Waals surface area contributed by atoms with Crippen molar-refractivity contribution in [3.05, 3.63) is 64.3 Å². The summed E-state index contributed by atoms with van der Waals surface area (Å²) in [7, 11) is 0. The molecule has 0 aliphatic heterocycles. The van der Waals surface area contributed by atoms with Crippen LogP contribution in [-0.2, 0) is 11.0 Å². The number of fused-ring (bicyclic) bond motifs is 1. The summed E-state index contributed by atoms with van der Waals surface area (Å²) in [5.41, 5.74) is 0.911. The quantitative estimate of drug-likeness (QED) is 0.342. The molecule has 0 aliphatic rings. The summed E-state index contributed by atoms with van der Waals surface area (Å²) in [6.07, 6.45) is -3.17. The molecule has 0 aliphatic carbocycles. The zero-order chi connectivity index (χ0) is 23.8. The number of H-pyrrole nitrogens is 1. The molecule has 0 saturated heterocycles. The Labute approximate surface area is 184 Å².